The quantitative estimate of drug-likeness (QED) is 0.672. The van der Waals surface area contributed by atoms with Crippen molar-refractivity contribution in [3.63, 3.8) is 0 Å². The Morgan fingerprint density at radius 2 is 2.17 bits per heavy atom. The van der Waals surface area contributed by atoms with Crippen LogP contribution in [0, 0.1) is 5.82 Å². The van der Waals surface area contributed by atoms with E-state index < -0.39 is 17.7 Å². The maximum atomic E-state index is 14.2. The SMILES string of the molecule is COC(=O)Cn1c(=NC(=O)c2ccnn2C)sc2cccc(F)c21. The van der Waals surface area contributed by atoms with Crippen LogP contribution in [0.4, 0.5) is 4.39 Å². The molecule has 1 aromatic carbocycles. The summed E-state index contributed by atoms with van der Waals surface area (Å²) in [7, 11) is 2.86. The standard InChI is InChI=1S/C15H13FN4O3S/c1-19-10(6-7-17-19)14(22)18-15-20(8-12(21)23-2)13-9(16)4-3-5-11(13)24-15/h3-7H,8H2,1-2H3. The third kappa shape index (κ3) is 2.85. The van der Waals surface area contributed by atoms with E-state index in [-0.39, 0.29) is 22.6 Å². The summed E-state index contributed by atoms with van der Waals surface area (Å²) >= 11 is 1.12. The predicted molar refractivity (Wildman–Crippen MR) is 84.9 cm³/mol. The lowest BCUT2D eigenvalue weighted by Gasteiger charge is -2.04. The third-order valence-corrected chi connectivity index (χ3v) is 4.45. The molecular formula is C15H13FN4O3S. The molecule has 3 rings (SSSR count). The second-order valence-corrected chi connectivity index (χ2v) is 5.90. The maximum absolute atomic E-state index is 14.2. The number of para-hydroxylation sites is 1. The second-order valence-electron chi connectivity index (χ2n) is 4.89. The van der Waals surface area contributed by atoms with Crippen LogP contribution in [-0.4, -0.2) is 33.3 Å². The molecule has 9 heteroatoms. The molecule has 24 heavy (non-hydrogen) atoms. The van der Waals surface area contributed by atoms with E-state index in [1.807, 2.05) is 0 Å². The molecule has 0 fully saturated rings. The van der Waals surface area contributed by atoms with Crippen molar-refractivity contribution < 1.29 is 18.7 Å². The number of carbonyl (C=O) groups is 2. The van der Waals surface area contributed by atoms with Gasteiger partial charge in [-0.15, -0.1) is 0 Å². The van der Waals surface area contributed by atoms with E-state index in [9.17, 15) is 14.0 Å². The van der Waals surface area contributed by atoms with Crippen LogP contribution >= 0.6 is 11.3 Å². The molecule has 0 aliphatic carbocycles. The maximum Gasteiger partial charge on any atom is 0.325 e. The Morgan fingerprint density at radius 3 is 2.83 bits per heavy atom. The minimum atomic E-state index is -0.563. The monoisotopic (exact) mass is 348 g/mol. The Balaban J connectivity index is 2.20. The highest BCUT2D eigenvalue weighted by Crippen LogP contribution is 2.20. The first-order chi connectivity index (χ1) is 11.5. The lowest BCUT2D eigenvalue weighted by molar-refractivity contribution is -0.141. The van der Waals surface area contributed by atoms with E-state index in [1.165, 1.54) is 34.7 Å². The summed E-state index contributed by atoms with van der Waals surface area (Å²) in [6.45, 7) is -0.241. The number of rotatable bonds is 3. The van der Waals surface area contributed by atoms with E-state index >= 15 is 0 Å². The number of aryl methyl sites for hydroxylation is 1. The zero-order valence-corrected chi connectivity index (χ0v) is 13.7. The molecule has 2 heterocycles. The van der Waals surface area contributed by atoms with Gasteiger partial charge >= 0.3 is 5.97 Å². The number of carbonyl (C=O) groups excluding carboxylic acids is 2. The first kappa shape index (κ1) is 16.1. The van der Waals surface area contributed by atoms with Crippen LogP contribution in [0.1, 0.15) is 10.5 Å². The van der Waals surface area contributed by atoms with Crippen LogP contribution in [0.25, 0.3) is 10.2 Å². The highest BCUT2D eigenvalue weighted by molar-refractivity contribution is 7.16. The van der Waals surface area contributed by atoms with E-state index in [1.54, 1.807) is 19.2 Å². The first-order valence-corrected chi connectivity index (χ1v) is 7.74. The lowest BCUT2D eigenvalue weighted by Crippen LogP contribution is -2.23. The number of halogens is 1. The van der Waals surface area contributed by atoms with Gasteiger partial charge in [0.2, 0.25) is 0 Å². The average molecular weight is 348 g/mol. The topological polar surface area (TPSA) is 78.5 Å². The zero-order valence-electron chi connectivity index (χ0n) is 12.9. The largest absolute Gasteiger partial charge is 0.468 e. The number of esters is 1. The van der Waals surface area contributed by atoms with Gasteiger partial charge in [0.05, 0.1) is 17.3 Å². The molecule has 0 atom stereocenters. The molecule has 0 N–H and O–H groups in total. The van der Waals surface area contributed by atoms with Crippen molar-refractivity contribution in [3.05, 3.63) is 46.8 Å². The number of hydrogen-bond acceptors (Lipinski definition) is 5. The molecular weight excluding hydrogens is 335 g/mol. The van der Waals surface area contributed by atoms with Crippen LogP contribution < -0.4 is 4.80 Å². The Bertz CT molecular complexity index is 1000. The van der Waals surface area contributed by atoms with Gasteiger partial charge in [-0.2, -0.15) is 10.1 Å². The first-order valence-electron chi connectivity index (χ1n) is 6.93. The summed E-state index contributed by atoms with van der Waals surface area (Å²) in [6, 6.07) is 6.08. The van der Waals surface area contributed by atoms with Gasteiger partial charge in [0.1, 0.15) is 18.1 Å². The molecule has 0 saturated carbocycles. The van der Waals surface area contributed by atoms with Crippen LogP contribution in [0.3, 0.4) is 0 Å². The molecule has 0 aliphatic rings. The van der Waals surface area contributed by atoms with Crippen molar-refractivity contribution in [1.29, 1.82) is 0 Å². The summed E-state index contributed by atoms with van der Waals surface area (Å²) in [5.74, 6) is -1.59. The smallest absolute Gasteiger partial charge is 0.325 e. The molecule has 0 bridgehead atoms. The number of benzene rings is 1. The molecule has 0 aliphatic heterocycles. The molecule has 0 unspecified atom stereocenters. The fraction of sp³-hybridized carbons (Fsp3) is 0.200. The van der Waals surface area contributed by atoms with Crippen molar-refractivity contribution in [3.8, 4) is 0 Å². The minimum absolute atomic E-state index is 0.212. The minimum Gasteiger partial charge on any atom is -0.468 e. The van der Waals surface area contributed by atoms with Gasteiger partial charge in [-0.1, -0.05) is 17.4 Å². The fourth-order valence-electron chi connectivity index (χ4n) is 2.24. The normalized spacial score (nSPS) is 11.9. The van der Waals surface area contributed by atoms with Gasteiger partial charge in [-0.25, -0.2) is 4.39 Å². The molecule has 0 saturated heterocycles. The molecule has 3 aromatic rings. The zero-order chi connectivity index (χ0) is 17.3. The molecule has 124 valence electrons. The number of fused-ring (bicyclic) bond motifs is 1. The molecule has 7 nitrogen and oxygen atoms in total. The predicted octanol–water partition coefficient (Wildman–Crippen LogP) is 1.49. The third-order valence-electron chi connectivity index (χ3n) is 3.40. The average Bonchev–Trinajstić information content (AvgIpc) is 3.12. The van der Waals surface area contributed by atoms with Crippen LogP contribution in [0.5, 0.6) is 0 Å². The summed E-state index contributed by atoms with van der Waals surface area (Å²) < 4.78 is 22.1. The molecule has 2 aromatic heterocycles. The van der Waals surface area contributed by atoms with Gasteiger partial charge in [-0.3, -0.25) is 14.3 Å². The Morgan fingerprint density at radius 1 is 1.38 bits per heavy atom. The summed E-state index contributed by atoms with van der Waals surface area (Å²) in [5.41, 5.74) is 0.502. The van der Waals surface area contributed by atoms with Gasteiger partial charge in [0.15, 0.2) is 4.80 Å². The van der Waals surface area contributed by atoms with Crippen LogP contribution in [-0.2, 0) is 23.1 Å². The van der Waals surface area contributed by atoms with E-state index in [0.29, 0.717) is 4.70 Å². The summed E-state index contributed by atoms with van der Waals surface area (Å²) in [6.07, 6.45) is 1.48. The number of ether oxygens (including phenoxy) is 1. The van der Waals surface area contributed by atoms with Gasteiger partial charge in [0.25, 0.3) is 5.91 Å². The Labute approximate surface area is 139 Å². The summed E-state index contributed by atoms with van der Waals surface area (Å²) in [5, 5.41) is 3.92. The van der Waals surface area contributed by atoms with Crippen molar-refractivity contribution in [2.75, 3.05) is 7.11 Å². The molecule has 0 radical (unpaired) electrons. The van der Waals surface area contributed by atoms with Crippen molar-refractivity contribution in [2.45, 2.75) is 6.54 Å². The number of amides is 1. The second kappa shape index (κ2) is 6.36. The molecule has 1 amide bonds. The van der Waals surface area contributed by atoms with Crippen LogP contribution in [0.15, 0.2) is 35.5 Å². The fourth-order valence-corrected chi connectivity index (χ4v) is 3.28. The van der Waals surface area contributed by atoms with E-state index in [4.69, 9.17) is 0 Å². The molecule has 0 spiro atoms. The number of hydrogen-bond donors (Lipinski definition) is 0. The number of aromatic nitrogens is 3. The van der Waals surface area contributed by atoms with E-state index in [0.717, 1.165) is 11.3 Å². The van der Waals surface area contributed by atoms with Crippen LogP contribution in [0.2, 0.25) is 0 Å². The van der Waals surface area contributed by atoms with Crippen molar-refractivity contribution in [2.24, 2.45) is 12.0 Å². The number of methoxy groups -OCH3 is 1. The van der Waals surface area contributed by atoms with Gasteiger partial charge in [0, 0.05) is 13.2 Å². The van der Waals surface area contributed by atoms with Gasteiger partial charge < -0.3 is 9.30 Å². The van der Waals surface area contributed by atoms with Gasteiger partial charge in [-0.05, 0) is 18.2 Å². The van der Waals surface area contributed by atoms with E-state index in [2.05, 4.69) is 14.8 Å². The highest BCUT2D eigenvalue weighted by atomic mass is 32.1. The highest BCUT2D eigenvalue weighted by Gasteiger charge is 2.16. The number of nitrogens with zero attached hydrogens (tertiary/aromatic N) is 4. The summed E-state index contributed by atoms with van der Waals surface area (Å²) in [4.78, 5) is 28.2. The Kier molecular flexibility index (Phi) is 4.26. The van der Waals surface area contributed by atoms with Crippen molar-refractivity contribution in [1.82, 2.24) is 14.3 Å². The Hall–Kier alpha value is -2.81. The van der Waals surface area contributed by atoms with Crippen molar-refractivity contribution >= 4 is 33.4 Å². The number of thiazole rings is 1. The lowest BCUT2D eigenvalue weighted by atomic mass is 10.3.